The summed E-state index contributed by atoms with van der Waals surface area (Å²) in [6.07, 6.45) is 3.65. The van der Waals surface area contributed by atoms with E-state index in [1.807, 2.05) is 0 Å². The van der Waals surface area contributed by atoms with Crippen LogP contribution >= 0.6 is 0 Å². The molecule has 0 unspecified atom stereocenters. The van der Waals surface area contributed by atoms with Crippen LogP contribution in [0.4, 0.5) is 8.78 Å². The number of carbonyl (C=O) groups is 2. The van der Waals surface area contributed by atoms with E-state index in [1.54, 1.807) is 25.1 Å². The number of hydrogen-bond acceptors (Lipinski definition) is 4. The smallest absolute Gasteiger partial charge is 0.387 e. The van der Waals surface area contributed by atoms with Crippen LogP contribution in [0.2, 0.25) is 0 Å². The van der Waals surface area contributed by atoms with Crippen molar-refractivity contribution in [2.45, 2.75) is 44.9 Å². The first-order chi connectivity index (χ1) is 12.9. The highest BCUT2D eigenvalue weighted by Gasteiger charge is 2.25. The van der Waals surface area contributed by atoms with Gasteiger partial charge in [0.15, 0.2) is 5.76 Å². The summed E-state index contributed by atoms with van der Waals surface area (Å²) in [5.41, 5.74) is 1.75. The Morgan fingerprint density at radius 2 is 2.11 bits per heavy atom. The Balaban J connectivity index is 1.64. The third-order valence-electron chi connectivity index (χ3n) is 4.46. The van der Waals surface area contributed by atoms with E-state index in [0.717, 1.165) is 30.4 Å². The molecule has 8 heteroatoms. The molecule has 2 atom stereocenters. The van der Waals surface area contributed by atoms with Crippen LogP contribution in [0.3, 0.4) is 0 Å². The Kier molecular flexibility index (Phi) is 5.73. The molecule has 27 heavy (non-hydrogen) atoms. The summed E-state index contributed by atoms with van der Waals surface area (Å²) in [5, 5.41) is 5.49. The van der Waals surface area contributed by atoms with Gasteiger partial charge in [-0.3, -0.25) is 9.59 Å². The van der Waals surface area contributed by atoms with E-state index in [-0.39, 0.29) is 23.5 Å². The van der Waals surface area contributed by atoms with E-state index in [0.29, 0.717) is 0 Å². The molecule has 0 saturated carbocycles. The Morgan fingerprint density at radius 1 is 1.30 bits per heavy atom. The molecular formula is C19H20F2N2O4. The van der Waals surface area contributed by atoms with Crippen LogP contribution in [0.5, 0.6) is 5.75 Å². The van der Waals surface area contributed by atoms with Crippen molar-refractivity contribution in [2.75, 3.05) is 0 Å². The predicted octanol–water partition coefficient (Wildman–Crippen LogP) is 3.19. The van der Waals surface area contributed by atoms with Gasteiger partial charge in [0.05, 0.1) is 12.3 Å². The molecule has 1 aliphatic carbocycles. The lowest BCUT2D eigenvalue weighted by molar-refractivity contribution is -0.123. The number of nitrogens with one attached hydrogen (secondary N) is 2. The van der Waals surface area contributed by atoms with Gasteiger partial charge in [0, 0.05) is 0 Å². The van der Waals surface area contributed by atoms with Gasteiger partial charge < -0.3 is 19.8 Å². The zero-order chi connectivity index (χ0) is 19.4. The maximum Gasteiger partial charge on any atom is 0.387 e. The van der Waals surface area contributed by atoms with Crippen LogP contribution in [-0.4, -0.2) is 24.5 Å². The van der Waals surface area contributed by atoms with Gasteiger partial charge in [0.1, 0.15) is 11.8 Å². The zero-order valence-electron chi connectivity index (χ0n) is 14.7. The number of aryl methyl sites for hydroxylation is 1. The van der Waals surface area contributed by atoms with Gasteiger partial charge in [-0.05, 0) is 61.6 Å². The lowest BCUT2D eigenvalue weighted by Crippen LogP contribution is -2.46. The van der Waals surface area contributed by atoms with Crippen LogP contribution in [-0.2, 0) is 11.2 Å². The Bertz CT molecular complexity index is 808. The van der Waals surface area contributed by atoms with E-state index < -0.39 is 18.6 Å². The van der Waals surface area contributed by atoms with Crippen LogP contribution in [0, 0.1) is 0 Å². The average molecular weight is 378 g/mol. The summed E-state index contributed by atoms with van der Waals surface area (Å²) in [7, 11) is 0. The number of rotatable bonds is 6. The Hall–Kier alpha value is -2.90. The second kappa shape index (κ2) is 8.20. The van der Waals surface area contributed by atoms with Crippen LogP contribution < -0.4 is 15.4 Å². The lowest BCUT2D eigenvalue weighted by atomic mass is 9.87. The molecule has 0 aliphatic heterocycles. The van der Waals surface area contributed by atoms with Crippen molar-refractivity contribution in [3.63, 3.8) is 0 Å². The molecule has 144 valence electrons. The molecule has 0 saturated heterocycles. The van der Waals surface area contributed by atoms with Gasteiger partial charge in [-0.15, -0.1) is 0 Å². The van der Waals surface area contributed by atoms with Gasteiger partial charge in [-0.25, -0.2) is 0 Å². The van der Waals surface area contributed by atoms with Crippen molar-refractivity contribution in [2.24, 2.45) is 0 Å². The van der Waals surface area contributed by atoms with Crippen molar-refractivity contribution in [1.29, 1.82) is 0 Å². The topological polar surface area (TPSA) is 80.6 Å². The fourth-order valence-corrected chi connectivity index (χ4v) is 3.15. The highest BCUT2D eigenvalue weighted by atomic mass is 19.3. The number of alkyl halides is 2. The molecule has 1 aromatic heterocycles. The van der Waals surface area contributed by atoms with Crippen LogP contribution in [0.1, 0.15) is 47.5 Å². The summed E-state index contributed by atoms with van der Waals surface area (Å²) in [4.78, 5) is 24.4. The quantitative estimate of drug-likeness (QED) is 0.809. The first-order valence-corrected chi connectivity index (χ1v) is 8.66. The van der Waals surface area contributed by atoms with E-state index in [1.165, 1.54) is 18.4 Å². The summed E-state index contributed by atoms with van der Waals surface area (Å²) < 4.78 is 34.2. The first-order valence-electron chi connectivity index (χ1n) is 8.66. The number of halogens is 2. The molecule has 3 rings (SSSR count). The number of furan rings is 1. The van der Waals surface area contributed by atoms with Crippen LogP contribution in [0.25, 0.3) is 0 Å². The zero-order valence-corrected chi connectivity index (χ0v) is 14.7. The highest BCUT2D eigenvalue weighted by molar-refractivity contribution is 5.95. The van der Waals surface area contributed by atoms with E-state index in [9.17, 15) is 18.4 Å². The number of fused-ring (bicyclic) bond motifs is 1. The molecule has 1 aromatic carbocycles. The summed E-state index contributed by atoms with van der Waals surface area (Å²) in [6, 6.07) is 6.85. The van der Waals surface area contributed by atoms with E-state index >= 15 is 0 Å². The van der Waals surface area contributed by atoms with Gasteiger partial charge >= 0.3 is 6.61 Å². The maximum atomic E-state index is 12.5. The van der Waals surface area contributed by atoms with Crippen LogP contribution in [0.15, 0.2) is 41.0 Å². The van der Waals surface area contributed by atoms with E-state index in [4.69, 9.17) is 4.42 Å². The minimum Gasteiger partial charge on any atom is -0.459 e. The summed E-state index contributed by atoms with van der Waals surface area (Å²) >= 11 is 0. The summed E-state index contributed by atoms with van der Waals surface area (Å²) in [5.74, 6) is -0.569. The third-order valence-corrected chi connectivity index (χ3v) is 4.46. The second-order valence-electron chi connectivity index (χ2n) is 6.36. The second-order valence-corrected chi connectivity index (χ2v) is 6.36. The Morgan fingerprint density at radius 3 is 2.81 bits per heavy atom. The maximum absolute atomic E-state index is 12.5. The molecule has 1 heterocycles. The standard InChI is InChI=1S/C19H20F2N2O4/c1-11(22-18(25)16-6-3-9-26-16)17(24)23-15-5-2-4-12-10-13(27-19(20)21)7-8-14(12)15/h3,6-11,15,19H,2,4-5H2,1H3,(H,22,25)(H,23,24)/t11-,15+/m1/s1. The molecule has 0 fully saturated rings. The van der Waals surface area contributed by atoms with Crippen molar-refractivity contribution in [3.8, 4) is 5.75 Å². The number of ether oxygens (including phenoxy) is 1. The summed E-state index contributed by atoms with van der Waals surface area (Å²) in [6.45, 7) is -1.29. The molecule has 2 aromatic rings. The fraction of sp³-hybridized carbons (Fsp3) is 0.368. The monoisotopic (exact) mass is 378 g/mol. The molecule has 0 spiro atoms. The number of carbonyl (C=O) groups excluding carboxylic acids is 2. The number of benzene rings is 1. The molecule has 1 aliphatic rings. The van der Waals surface area contributed by atoms with Crippen molar-refractivity contribution in [3.05, 3.63) is 53.5 Å². The largest absolute Gasteiger partial charge is 0.459 e. The molecule has 0 radical (unpaired) electrons. The van der Waals surface area contributed by atoms with Gasteiger partial charge in [-0.1, -0.05) is 6.07 Å². The normalized spacial score (nSPS) is 17.1. The lowest BCUT2D eigenvalue weighted by Gasteiger charge is -2.28. The first kappa shape index (κ1) is 18.9. The van der Waals surface area contributed by atoms with Gasteiger partial charge in [0.2, 0.25) is 5.91 Å². The number of hydrogen-bond donors (Lipinski definition) is 2. The van der Waals surface area contributed by atoms with Crippen molar-refractivity contribution in [1.82, 2.24) is 10.6 Å². The van der Waals surface area contributed by atoms with Crippen molar-refractivity contribution < 1.29 is 27.5 Å². The Labute approximate surface area is 154 Å². The molecule has 2 amide bonds. The third kappa shape index (κ3) is 4.64. The fourth-order valence-electron chi connectivity index (χ4n) is 3.15. The molecule has 0 bridgehead atoms. The molecule has 6 nitrogen and oxygen atoms in total. The number of amides is 2. The highest BCUT2D eigenvalue weighted by Crippen LogP contribution is 2.32. The molecular weight excluding hydrogens is 358 g/mol. The SMILES string of the molecule is C[C@@H](NC(=O)c1ccco1)C(=O)N[C@H]1CCCc2cc(OC(F)F)ccc21. The van der Waals surface area contributed by atoms with Gasteiger partial charge in [-0.2, -0.15) is 8.78 Å². The average Bonchev–Trinajstić information content (AvgIpc) is 3.16. The predicted molar refractivity (Wildman–Crippen MR) is 92.5 cm³/mol. The van der Waals surface area contributed by atoms with E-state index in [2.05, 4.69) is 15.4 Å². The minimum absolute atomic E-state index is 0.106. The minimum atomic E-state index is -2.87. The van der Waals surface area contributed by atoms with Gasteiger partial charge in [0.25, 0.3) is 5.91 Å². The van der Waals surface area contributed by atoms with Crippen molar-refractivity contribution >= 4 is 11.8 Å². The molecule has 2 N–H and O–H groups in total.